The van der Waals surface area contributed by atoms with Crippen molar-refractivity contribution in [3.05, 3.63) is 42.3 Å². The number of nitrogens with two attached hydrogens (primary N) is 1. The van der Waals surface area contributed by atoms with Gasteiger partial charge >= 0.3 is 0 Å². The van der Waals surface area contributed by atoms with Crippen LogP contribution in [-0.4, -0.2) is 79.1 Å². The Morgan fingerprint density at radius 2 is 1.83 bits per heavy atom. The second-order valence-electron chi connectivity index (χ2n) is 15.3. The normalized spacial score (nSPS) is 23.6. The molecule has 2 heterocycles. The molecule has 0 radical (unpaired) electrons. The zero-order valence-electron chi connectivity index (χ0n) is 31.5. The van der Waals surface area contributed by atoms with E-state index in [1.54, 1.807) is 25.1 Å². The summed E-state index contributed by atoms with van der Waals surface area (Å²) in [6.45, 7) is 8.46. The Hall–Kier alpha value is -4.24. The monoisotopic (exact) mass is 780 g/mol. The van der Waals surface area contributed by atoms with Crippen molar-refractivity contribution < 1.29 is 32.3 Å². The van der Waals surface area contributed by atoms with E-state index in [1.807, 2.05) is 29.6 Å². The highest BCUT2D eigenvalue weighted by Gasteiger charge is 2.58. The van der Waals surface area contributed by atoms with Crippen LogP contribution in [0.15, 0.2) is 42.3 Å². The second kappa shape index (κ2) is 16.2. The van der Waals surface area contributed by atoms with E-state index < -0.39 is 50.4 Å². The number of anilines is 1. The minimum absolute atomic E-state index is 0.0867. The molecule has 3 aliphatic rings. The quantitative estimate of drug-likeness (QED) is 0.101. The molecule has 0 bridgehead atoms. The highest BCUT2D eigenvalue weighted by atomic mass is 32.2. The van der Waals surface area contributed by atoms with E-state index in [4.69, 9.17) is 25.2 Å². The Kier molecular flexibility index (Phi) is 11.9. The number of primary amides is 1. The van der Waals surface area contributed by atoms with Gasteiger partial charge in [0.2, 0.25) is 27.7 Å². The van der Waals surface area contributed by atoms with Crippen molar-refractivity contribution in [2.45, 2.75) is 95.5 Å². The summed E-state index contributed by atoms with van der Waals surface area (Å²) in [5, 5.41) is 6.39. The smallest absolute Gasteiger partial charge is 0.243 e. The number of benzene rings is 1. The maximum absolute atomic E-state index is 13.7. The molecule has 2 aromatic heterocycles. The number of unbranched alkanes of at least 4 members (excludes halogenated alkanes) is 3. The van der Waals surface area contributed by atoms with Crippen molar-refractivity contribution >= 4 is 55.1 Å². The van der Waals surface area contributed by atoms with Crippen LogP contribution in [0.4, 0.5) is 5.13 Å². The molecule has 3 aliphatic carbocycles. The van der Waals surface area contributed by atoms with Gasteiger partial charge in [0.1, 0.15) is 23.3 Å². The molecule has 0 unspecified atom stereocenters. The molecule has 54 heavy (non-hydrogen) atoms. The Morgan fingerprint density at radius 3 is 2.52 bits per heavy atom. The largest absolute Gasteiger partial charge is 0.497 e. The zero-order valence-corrected chi connectivity index (χ0v) is 33.1. The van der Waals surface area contributed by atoms with E-state index >= 15 is 0 Å². The van der Waals surface area contributed by atoms with Crippen molar-refractivity contribution in [1.82, 2.24) is 19.6 Å². The van der Waals surface area contributed by atoms with Crippen LogP contribution in [-0.2, 0) is 24.4 Å². The van der Waals surface area contributed by atoms with Crippen LogP contribution in [0.3, 0.4) is 0 Å². The number of amides is 3. The van der Waals surface area contributed by atoms with Crippen molar-refractivity contribution in [3.63, 3.8) is 0 Å². The van der Waals surface area contributed by atoms with Crippen LogP contribution in [0, 0.1) is 23.2 Å². The Balaban J connectivity index is 1.02. The van der Waals surface area contributed by atoms with Crippen LogP contribution < -0.4 is 25.2 Å². The minimum Gasteiger partial charge on any atom is -0.497 e. The molecule has 0 saturated heterocycles. The lowest BCUT2D eigenvalue weighted by Crippen LogP contribution is -2.39. The van der Waals surface area contributed by atoms with Crippen LogP contribution in [0.5, 0.6) is 11.5 Å². The first-order chi connectivity index (χ1) is 25.7. The lowest BCUT2D eigenvalue weighted by Gasteiger charge is -2.23. The maximum Gasteiger partial charge on any atom is 0.243 e. The number of pyridine rings is 1. The number of sulfonamides is 1. The number of carbonyl (C=O) groups excluding carboxylic acids is 3. The van der Waals surface area contributed by atoms with Crippen molar-refractivity contribution in [2.24, 2.45) is 28.9 Å². The third kappa shape index (κ3) is 8.83. The lowest BCUT2D eigenvalue weighted by molar-refractivity contribution is -0.139. The molecule has 3 fully saturated rings. The van der Waals surface area contributed by atoms with Crippen LogP contribution in [0.1, 0.15) is 78.1 Å². The first-order valence-corrected chi connectivity index (χ1v) is 21.3. The number of ether oxygens (including phenoxy) is 2. The number of methoxy groups -OCH3 is 1. The molecular weight excluding hydrogens is 729 g/mol. The fraction of sp³-hybridized carbons (Fsp3) is 0.564. The number of nitrogens with one attached hydrogen (secondary N) is 2. The summed E-state index contributed by atoms with van der Waals surface area (Å²) in [5.41, 5.74) is 7.07. The molecular formula is C39H52N6O7S2. The first-order valence-electron chi connectivity index (χ1n) is 18.9. The number of carbonyl (C=O) groups is 3. The number of nitrogens with zero attached hydrogens (tertiary/aromatic N) is 3. The SMILES string of the molecule is C=C[C@]1(C(=O)NS(=O)(=O)C2CC2)C[C@H]1CCCCCCN(C)C(=O)[C@@H]1C[C@H](Oc2cc(-c3csc(NC(C)C)n3)nc3cc(OC)ccc23)C[C@H]1C(N)=O. The van der Waals surface area contributed by atoms with Crippen LogP contribution >= 0.6 is 11.3 Å². The van der Waals surface area contributed by atoms with E-state index in [1.165, 1.54) is 11.3 Å². The van der Waals surface area contributed by atoms with Gasteiger partial charge in [0.15, 0.2) is 5.13 Å². The Morgan fingerprint density at radius 1 is 1.09 bits per heavy atom. The van der Waals surface area contributed by atoms with Crippen molar-refractivity contribution in [2.75, 3.05) is 26.0 Å². The number of aromatic nitrogens is 2. The molecule has 4 N–H and O–H groups in total. The average Bonchev–Trinajstić information content (AvgIpc) is 4.03. The molecule has 292 valence electrons. The number of fused-ring (bicyclic) bond motifs is 1. The fourth-order valence-electron chi connectivity index (χ4n) is 7.59. The standard InChI is InChI=1S/C39H52N6O7S2/c1-6-39(37(48)44-54(49,50)27-13-14-27)21-24(39)11-9-7-8-10-16-45(4)36(47)30-18-26(17-29(30)35(40)46)52-34-20-32(33-22-53-38(43-33)41-23(2)3)42-31-19-25(51-5)12-15-28(31)34/h6,12,15,19-20,22-24,26-27,29-30H,1,7-11,13-14,16-18,21H2,2-5H3,(H2,40,46)(H,41,43)(H,44,48)/t24-,26-,29-,30-,39+/m1/s1. The van der Waals surface area contributed by atoms with Crippen molar-refractivity contribution in [1.29, 1.82) is 0 Å². The van der Waals surface area contributed by atoms with Gasteiger partial charge in [-0.05, 0) is 76.8 Å². The highest BCUT2D eigenvalue weighted by Crippen LogP contribution is 2.56. The van der Waals surface area contributed by atoms with Gasteiger partial charge in [0, 0.05) is 42.5 Å². The summed E-state index contributed by atoms with van der Waals surface area (Å²) in [5.74, 6) is -1.01. The highest BCUT2D eigenvalue weighted by molar-refractivity contribution is 7.90. The number of rotatable bonds is 19. The maximum atomic E-state index is 13.7. The molecule has 0 spiro atoms. The van der Waals surface area contributed by atoms with Crippen LogP contribution in [0.2, 0.25) is 0 Å². The van der Waals surface area contributed by atoms with Gasteiger partial charge in [0.25, 0.3) is 0 Å². The average molecular weight is 781 g/mol. The molecule has 13 nitrogen and oxygen atoms in total. The Bertz CT molecular complexity index is 2000. The van der Waals surface area contributed by atoms with Crippen molar-refractivity contribution in [3.8, 4) is 22.9 Å². The minimum atomic E-state index is -3.59. The molecule has 5 atom stereocenters. The van der Waals surface area contributed by atoms with Gasteiger partial charge in [-0.3, -0.25) is 19.1 Å². The van der Waals surface area contributed by atoms with E-state index in [-0.39, 0.29) is 17.9 Å². The van der Waals surface area contributed by atoms with Gasteiger partial charge in [-0.2, -0.15) is 0 Å². The number of hydrogen-bond donors (Lipinski definition) is 3. The summed E-state index contributed by atoms with van der Waals surface area (Å²) < 4.78 is 38.9. The molecule has 1 aromatic carbocycles. The summed E-state index contributed by atoms with van der Waals surface area (Å²) in [7, 11) is -0.226. The summed E-state index contributed by atoms with van der Waals surface area (Å²) in [6, 6.07) is 7.67. The summed E-state index contributed by atoms with van der Waals surface area (Å²) in [4.78, 5) is 50.4. The van der Waals surface area contributed by atoms with E-state index in [0.717, 1.165) is 42.6 Å². The van der Waals surface area contributed by atoms with E-state index in [9.17, 15) is 22.8 Å². The van der Waals surface area contributed by atoms with E-state index in [2.05, 4.69) is 30.5 Å². The Labute approximate surface area is 321 Å². The summed E-state index contributed by atoms with van der Waals surface area (Å²) >= 11 is 1.50. The van der Waals surface area contributed by atoms with Gasteiger partial charge in [-0.1, -0.05) is 25.3 Å². The van der Waals surface area contributed by atoms with Gasteiger partial charge in [-0.15, -0.1) is 17.9 Å². The lowest BCUT2D eigenvalue weighted by atomic mass is 9.94. The number of hydrogen-bond acceptors (Lipinski definition) is 11. The topological polar surface area (TPSA) is 183 Å². The molecule has 15 heteroatoms. The predicted molar refractivity (Wildman–Crippen MR) is 210 cm³/mol. The third-order valence-electron chi connectivity index (χ3n) is 11.0. The predicted octanol–water partition coefficient (Wildman–Crippen LogP) is 5.66. The molecule has 6 rings (SSSR count). The molecule has 3 saturated carbocycles. The first kappa shape index (κ1) is 39.5. The second-order valence-corrected chi connectivity index (χ2v) is 18.2. The van der Waals surface area contributed by atoms with Gasteiger partial charge < -0.3 is 25.4 Å². The van der Waals surface area contributed by atoms with Gasteiger partial charge in [0.05, 0.1) is 40.8 Å². The molecule has 0 aliphatic heterocycles. The molecule has 3 aromatic rings. The van der Waals surface area contributed by atoms with E-state index in [0.29, 0.717) is 67.1 Å². The third-order valence-corrected chi connectivity index (χ3v) is 13.6. The van der Waals surface area contributed by atoms with Crippen LogP contribution in [0.25, 0.3) is 22.3 Å². The fourth-order valence-corrected chi connectivity index (χ4v) is 9.82. The summed E-state index contributed by atoms with van der Waals surface area (Å²) in [6.07, 6.45) is 7.97. The number of thiazole rings is 1. The molecule has 3 amide bonds. The zero-order chi connectivity index (χ0) is 38.8. The van der Waals surface area contributed by atoms with Gasteiger partial charge in [-0.25, -0.2) is 18.4 Å².